The van der Waals surface area contributed by atoms with Crippen LogP contribution in [0.15, 0.2) is 0 Å². The van der Waals surface area contributed by atoms with E-state index in [9.17, 15) is 9.18 Å². The standard InChI is InChI=1S/C11H18FN3O2.BrH/c1-2-3-8-17-11(16)15-7-5-4-6-14-10(13)9-12;/h2-3,6-9H2,1H3,(H2,13,14)(H,15,16);1H. The van der Waals surface area contributed by atoms with Crippen LogP contribution in [0.2, 0.25) is 0 Å². The number of rotatable bonds is 6. The smallest absolute Gasteiger partial charge is 0.407 e. The lowest BCUT2D eigenvalue weighted by Crippen LogP contribution is -2.26. The van der Waals surface area contributed by atoms with E-state index in [0.717, 1.165) is 12.8 Å². The Balaban J connectivity index is 0. The molecule has 0 heterocycles. The van der Waals surface area contributed by atoms with Crippen LogP contribution in [0.25, 0.3) is 0 Å². The van der Waals surface area contributed by atoms with Gasteiger partial charge in [0.15, 0.2) is 0 Å². The van der Waals surface area contributed by atoms with Crippen molar-refractivity contribution in [2.75, 3.05) is 26.4 Å². The minimum atomic E-state index is -0.830. The van der Waals surface area contributed by atoms with Crippen molar-refractivity contribution in [1.29, 1.82) is 5.41 Å². The molecule has 0 aromatic carbocycles. The van der Waals surface area contributed by atoms with Crippen LogP contribution in [0.1, 0.15) is 19.8 Å². The molecule has 18 heavy (non-hydrogen) atoms. The number of amidine groups is 1. The van der Waals surface area contributed by atoms with E-state index in [0.29, 0.717) is 6.61 Å². The van der Waals surface area contributed by atoms with Crippen molar-refractivity contribution in [3.63, 3.8) is 0 Å². The number of alkyl carbamates (subject to hydrolysis) is 1. The SMILES string of the molecule is Br.CCCCOC(=O)NCC#CCNC(=N)CF. The molecule has 0 aliphatic heterocycles. The highest BCUT2D eigenvalue weighted by Crippen LogP contribution is 1.87. The average Bonchev–Trinajstić information content (AvgIpc) is 2.33. The summed E-state index contributed by atoms with van der Waals surface area (Å²) in [5.41, 5.74) is 0. The van der Waals surface area contributed by atoms with Crippen LogP contribution in [-0.4, -0.2) is 38.3 Å². The van der Waals surface area contributed by atoms with Crippen molar-refractivity contribution < 1.29 is 13.9 Å². The first kappa shape index (κ1) is 19.1. The van der Waals surface area contributed by atoms with E-state index in [1.165, 1.54) is 0 Å². The van der Waals surface area contributed by atoms with Gasteiger partial charge in [-0.05, 0) is 6.42 Å². The van der Waals surface area contributed by atoms with E-state index in [4.69, 9.17) is 10.1 Å². The van der Waals surface area contributed by atoms with Crippen molar-refractivity contribution in [2.24, 2.45) is 0 Å². The maximum atomic E-state index is 11.8. The van der Waals surface area contributed by atoms with Gasteiger partial charge in [-0.15, -0.1) is 17.0 Å². The normalized spacial score (nSPS) is 8.33. The van der Waals surface area contributed by atoms with Crippen LogP contribution in [0.3, 0.4) is 0 Å². The summed E-state index contributed by atoms with van der Waals surface area (Å²) in [4.78, 5) is 11.0. The average molecular weight is 324 g/mol. The summed E-state index contributed by atoms with van der Waals surface area (Å²) in [6.45, 7) is 1.95. The topological polar surface area (TPSA) is 74.2 Å². The molecule has 0 bridgehead atoms. The summed E-state index contributed by atoms with van der Waals surface area (Å²) in [6.07, 6.45) is 1.32. The fourth-order valence-electron chi connectivity index (χ4n) is 0.800. The maximum absolute atomic E-state index is 11.8. The maximum Gasteiger partial charge on any atom is 0.407 e. The molecule has 104 valence electrons. The van der Waals surface area contributed by atoms with Crippen LogP contribution in [0.4, 0.5) is 9.18 Å². The first-order valence-corrected chi connectivity index (χ1v) is 5.44. The second-order valence-corrected chi connectivity index (χ2v) is 3.16. The van der Waals surface area contributed by atoms with E-state index in [1.807, 2.05) is 6.92 Å². The van der Waals surface area contributed by atoms with Gasteiger partial charge in [-0.3, -0.25) is 5.41 Å². The summed E-state index contributed by atoms with van der Waals surface area (Å²) >= 11 is 0. The number of alkyl halides is 1. The van der Waals surface area contributed by atoms with Crippen molar-refractivity contribution >= 4 is 28.9 Å². The largest absolute Gasteiger partial charge is 0.450 e. The number of carbonyl (C=O) groups excluding carboxylic acids is 1. The van der Waals surface area contributed by atoms with Crippen LogP contribution in [0.5, 0.6) is 0 Å². The van der Waals surface area contributed by atoms with Gasteiger partial charge in [0.2, 0.25) is 0 Å². The van der Waals surface area contributed by atoms with Gasteiger partial charge in [-0.1, -0.05) is 25.2 Å². The summed E-state index contributed by atoms with van der Waals surface area (Å²) in [7, 11) is 0. The molecular formula is C11H19BrFN3O2. The Hall–Kier alpha value is -1.29. The molecule has 0 aliphatic rings. The zero-order valence-corrected chi connectivity index (χ0v) is 12.1. The molecule has 7 heteroatoms. The van der Waals surface area contributed by atoms with Crippen molar-refractivity contribution in [1.82, 2.24) is 10.6 Å². The highest BCUT2D eigenvalue weighted by Gasteiger charge is 1.97. The molecule has 0 unspecified atom stereocenters. The summed E-state index contributed by atoms with van der Waals surface area (Å²) in [5, 5.41) is 11.8. The van der Waals surface area contributed by atoms with E-state index in [-0.39, 0.29) is 35.9 Å². The fourth-order valence-corrected chi connectivity index (χ4v) is 0.800. The molecule has 0 aliphatic carbocycles. The number of ether oxygens (including phenoxy) is 1. The predicted molar refractivity (Wildman–Crippen MR) is 74.1 cm³/mol. The quantitative estimate of drug-likeness (QED) is 0.301. The van der Waals surface area contributed by atoms with Crippen molar-refractivity contribution in [3.8, 4) is 11.8 Å². The van der Waals surface area contributed by atoms with Crippen LogP contribution in [0, 0.1) is 17.3 Å². The molecule has 0 saturated carbocycles. The summed E-state index contributed by atoms with van der Waals surface area (Å²) in [5.74, 6) is 5.07. The molecule has 0 rings (SSSR count). The molecule has 1 amide bonds. The molecule has 0 aromatic rings. The van der Waals surface area contributed by atoms with Gasteiger partial charge < -0.3 is 15.4 Å². The molecule has 0 radical (unpaired) electrons. The zero-order valence-electron chi connectivity index (χ0n) is 10.3. The van der Waals surface area contributed by atoms with Crippen molar-refractivity contribution in [2.45, 2.75) is 19.8 Å². The first-order valence-electron chi connectivity index (χ1n) is 5.44. The predicted octanol–water partition coefficient (Wildman–Crippen LogP) is 1.63. The molecule has 0 fully saturated rings. The number of hydrogen-bond donors (Lipinski definition) is 3. The van der Waals surface area contributed by atoms with Gasteiger partial charge in [0, 0.05) is 0 Å². The van der Waals surface area contributed by atoms with Gasteiger partial charge in [-0.2, -0.15) is 0 Å². The van der Waals surface area contributed by atoms with Crippen LogP contribution in [-0.2, 0) is 4.74 Å². The Kier molecular flexibility index (Phi) is 14.6. The Labute approximate surface area is 117 Å². The molecule has 0 aromatic heterocycles. The Morgan fingerprint density at radius 3 is 2.50 bits per heavy atom. The number of nitrogens with one attached hydrogen (secondary N) is 3. The first-order chi connectivity index (χ1) is 8.20. The van der Waals surface area contributed by atoms with E-state index < -0.39 is 12.8 Å². The van der Waals surface area contributed by atoms with E-state index >= 15 is 0 Å². The minimum absolute atomic E-state index is 0. The van der Waals surface area contributed by atoms with Gasteiger partial charge >= 0.3 is 6.09 Å². The highest BCUT2D eigenvalue weighted by atomic mass is 79.9. The molecule has 0 spiro atoms. The third-order valence-corrected chi connectivity index (χ3v) is 1.70. The minimum Gasteiger partial charge on any atom is -0.450 e. The number of unbranched alkanes of at least 4 members (excludes halogenated alkanes) is 1. The van der Waals surface area contributed by atoms with Gasteiger partial charge in [0.05, 0.1) is 19.7 Å². The van der Waals surface area contributed by atoms with Crippen LogP contribution >= 0.6 is 17.0 Å². The Bertz CT molecular complexity index is 302. The lowest BCUT2D eigenvalue weighted by Gasteiger charge is -2.02. The lowest BCUT2D eigenvalue weighted by atomic mass is 10.4. The van der Waals surface area contributed by atoms with Gasteiger partial charge in [-0.25, -0.2) is 9.18 Å². The van der Waals surface area contributed by atoms with Gasteiger partial charge in [0.1, 0.15) is 12.5 Å². The highest BCUT2D eigenvalue weighted by molar-refractivity contribution is 8.93. The van der Waals surface area contributed by atoms with Crippen LogP contribution < -0.4 is 10.6 Å². The Morgan fingerprint density at radius 1 is 1.33 bits per heavy atom. The van der Waals surface area contributed by atoms with Gasteiger partial charge in [0.25, 0.3) is 0 Å². The summed E-state index contributed by atoms with van der Waals surface area (Å²) in [6, 6.07) is 0. The molecule has 0 atom stereocenters. The van der Waals surface area contributed by atoms with E-state index in [2.05, 4.69) is 22.5 Å². The molecule has 0 saturated heterocycles. The monoisotopic (exact) mass is 323 g/mol. The van der Waals surface area contributed by atoms with Crippen molar-refractivity contribution in [3.05, 3.63) is 0 Å². The molecule has 3 N–H and O–H groups in total. The second-order valence-electron chi connectivity index (χ2n) is 3.16. The zero-order chi connectivity index (χ0) is 12.9. The fraction of sp³-hybridized carbons (Fsp3) is 0.636. The number of hydrogen-bond acceptors (Lipinski definition) is 3. The third-order valence-electron chi connectivity index (χ3n) is 1.70. The third kappa shape index (κ3) is 12.8. The molecular weight excluding hydrogens is 305 g/mol. The molecule has 5 nitrogen and oxygen atoms in total. The number of amides is 1. The number of carbonyl (C=O) groups is 1. The van der Waals surface area contributed by atoms with E-state index in [1.54, 1.807) is 0 Å². The second kappa shape index (κ2) is 13.8. The summed E-state index contributed by atoms with van der Waals surface area (Å²) < 4.78 is 16.6. The number of halogens is 2. The Morgan fingerprint density at radius 2 is 1.94 bits per heavy atom. The lowest BCUT2D eigenvalue weighted by molar-refractivity contribution is 0.146.